The lowest BCUT2D eigenvalue weighted by atomic mass is 10.00. The molecule has 0 spiro atoms. The zero-order valence-corrected chi connectivity index (χ0v) is 19.4. The number of amides is 1. The molecule has 1 aromatic rings. The number of nitrogens with one attached hydrogen (secondary N) is 1. The van der Waals surface area contributed by atoms with Crippen molar-refractivity contribution in [3.63, 3.8) is 0 Å². The Balaban J connectivity index is 1.74. The summed E-state index contributed by atoms with van der Waals surface area (Å²) < 4.78 is 29.8. The molecule has 2 aliphatic heterocycles. The Hall–Kier alpha value is -2.15. The normalized spacial score (nSPS) is 20.5. The van der Waals surface area contributed by atoms with Crippen LogP contribution in [-0.2, 0) is 14.8 Å². The fourth-order valence-corrected chi connectivity index (χ4v) is 5.45. The van der Waals surface area contributed by atoms with Gasteiger partial charge in [-0.15, -0.1) is 4.40 Å². The highest BCUT2D eigenvalue weighted by Gasteiger charge is 2.35. The van der Waals surface area contributed by atoms with Gasteiger partial charge >= 0.3 is 0 Å². The van der Waals surface area contributed by atoms with Crippen molar-refractivity contribution < 1.29 is 13.2 Å². The van der Waals surface area contributed by atoms with E-state index in [1.807, 2.05) is 49.9 Å². The highest BCUT2D eigenvalue weighted by molar-refractivity contribution is 8.00. The first-order valence-corrected chi connectivity index (χ1v) is 12.3. The fourth-order valence-electron chi connectivity index (χ4n) is 3.97. The summed E-state index contributed by atoms with van der Waals surface area (Å²) in [5.74, 6) is 1.05. The number of nitrogens with zero attached hydrogens (tertiary/aromatic N) is 2. The molecule has 1 saturated heterocycles. The SMILES string of the molecule is CC[C@H](C)C(=O)NC1CCN(C2=NS(=O)(=O)C(c3ccc(C(C)C)cc3)=C2C)CC1. The van der Waals surface area contributed by atoms with Gasteiger partial charge < -0.3 is 10.2 Å². The maximum Gasteiger partial charge on any atom is 0.285 e. The summed E-state index contributed by atoms with van der Waals surface area (Å²) in [6.45, 7) is 11.4. The minimum Gasteiger partial charge on any atom is -0.356 e. The second-order valence-electron chi connectivity index (χ2n) is 8.70. The van der Waals surface area contributed by atoms with E-state index in [-0.39, 0.29) is 17.9 Å². The second-order valence-corrected chi connectivity index (χ2v) is 10.2. The van der Waals surface area contributed by atoms with Crippen LogP contribution >= 0.6 is 0 Å². The smallest absolute Gasteiger partial charge is 0.285 e. The molecular formula is C23H33N3O3S. The molecule has 1 aromatic carbocycles. The average molecular weight is 432 g/mol. The lowest BCUT2D eigenvalue weighted by Crippen LogP contribution is -2.47. The van der Waals surface area contributed by atoms with Crippen LogP contribution in [-0.4, -0.2) is 44.2 Å². The molecule has 6 nitrogen and oxygen atoms in total. The predicted octanol–water partition coefficient (Wildman–Crippen LogP) is 3.91. The largest absolute Gasteiger partial charge is 0.356 e. The number of carbonyl (C=O) groups excluding carboxylic acids is 1. The lowest BCUT2D eigenvalue weighted by molar-refractivity contribution is -0.125. The first-order chi connectivity index (χ1) is 14.1. The van der Waals surface area contributed by atoms with Crippen molar-refractivity contribution >= 4 is 26.7 Å². The number of benzene rings is 1. The maximum absolute atomic E-state index is 12.8. The zero-order chi connectivity index (χ0) is 22.1. The first-order valence-electron chi connectivity index (χ1n) is 10.9. The Morgan fingerprint density at radius 3 is 2.30 bits per heavy atom. The van der Waals surface area contributed by atoms with Crippen LogP contribution in [0.5, 0.6) is 0 Å². The molecule has 1 N–H and O–H groups in total. The molecule has 1 atom stereocenters. The number of rotatable bonds is 5. The Bertz CT molecular complexity index is 954. The zero-order valence-electron chi connectivity index (χ0n) is 18.6. The van der Waals surface area contributed by atoms with Crippen molar-refractivity contribution in [1.29, 1.82) is 0 Å². The maximum atomic E-state index is 12.8. The van der Waals surface area contributed by atoms with Gasteiger partial charge in [0.2, 0.25) is 5.91 Å². The Morgan fingerprint density at radius 2 is 1.77 bits per heavy atom. The molecule has 0 saturated carbocycles. The number of likely N-dealkylation sites (tertiary alicyclic amines) is 1. The summed E-state index contributed by atoms with van der Waals surface area (Å²) in [4.78, 5) is 14.5. The number of carbonyl (C=O) groups is 1. The van der Waals surface area contributed by atoms with Crippen LogP contribution in [0.25, 0.3) is 4.91 Å². The number of hydrogen-bond donors (Lipinski definition) is 1. The van der Waals surface area contributed by atoms with Gasteiger partial charge in [-0.25, -0.2) is 0 Å². The molecule has 0 unspecified atom stereocenters. The summed E-state index contributed by atoms with van der Waals surface area (Å²) in [5.41, 5.74) is 2.57. The van der Waals surface area contributed by atoms with Crippen LogP contribution in [0.15, 0.2) is 34.2 Å². The molecule has 164 valence electrons. The van der Waals surface area contributed by atoms with E-state index in [1.165, 1.54) is 5.56 Å². The van der Waals surface area contributed by atoms with Crippen LogP contribution < -0.4 is 5.32 Å². The van der Waals surface area contributed by atoms with Crippen LogP contribution in [0, 0.1) is 5.92 Å². The third kappa shape index (κ3) is 4.61. The third-order valence-electron chi connectivity index (χ3n) is 6.18. The molecule has 0 bridgehead atoms. The molecule has 0 aliphatic carbocycles. The van der Waals surface area contributed by atoms with Gasteiger partial charge in [-0.05, 0) is 43.2 Å². The quantitative estimate of drug-likeness (QED) is 0.767. The Morgan fingerprint density at radius 1 is 1.17 bits per heavy atom. The van der Waals surface area contributed by atoms with E-state index < -0.39 is 10.0 Å². The molecule has 30 heavy (non-hydrogen) atoms. The van der Waals surface area contributed by atoms with Crippen molar-refractivity contribution in [3.8, 4) is 0 Å². The minimum absolute atomic E-state index is 0.0159. The topological polar surface area (TPSA) is 78.8 Å². The Kier molecular flexibility index (Phi) is 6.70. The molecule has 1 amide bonds. The van der Waals surface area contributed by atoms with Crippen LogP contribution in [0.4, 0.5) is 0 Å². The monoisotopic (exact) mass is 431 g/mol. The van der Waals surface area contributed by atoms with E-state index in [0.717, 1.165) is 19.3 Å². The van der Waals surface area contributed by atoms with Gasteiger partial charge in [0, 0.05) is 30.6 Å². The first kappa shape index (κ1) is 22.5. The number of sulfonamides is 1. The van der Waals surface area contributed by atoms with Crippen LogP contribution in [0.2, 0.25) is 0 Å². The summed E-state index contributed by atoms with van der Waals surface area (Å²) in [5, 5.41) is 3.12. The van der Waals surface area contributed by atoms with E-state index in [0.29, 0.717) is 40.9 Å². The van der Waals surface area contributed by atoms with Crippen molar-refractivity contribution in [2.24, 2.45) is 10.3 Å². The summed E-state index contributed by atoms with van der Waals surface area (Å²) in [6.07, 6.45) is 2.39. The molecule has 1 fully saturated rings. The summed E-state index contributed by atoms with van der Waals surface area (Å²) >= 11 is 0. The lowest BCUT2D eigenvalue weighted by Gasteiger charge is -2.34. The molecule has 2 heterocycles. The minimum atomic E-state index is -3.71. The van der Waals surface area contributed by atoms with Crippen molar-refractivity contribution in [1.82, 2.24) is 10.2 Å². The molecule has 7 heteroatoms. The summed E-state index contributed by atoms with van der Waals surface area (Å²) in [6, 6.07) is 7.86. The molecule has 0 aromatic heterocycles. The van der Waals surface area contributed by atoms with Crippen molar-refractivity contribution in [3.05, 3.63) is 41.0 Å². The van der Waals surface area contributed by atoms with E-state index in [2.05, 4.69) is 23.6 Å². The third-order valence-corrected chi connectivity index (χ3v) is 7.65. The van der Waals surface area contributed by atoms with Gasteiger partial charge in [-0.3, -0.25) is 4.79 Å². The number of hydrogen-bond acceptors (Lipinski definition) is 4. The standard InChI is InChI=1S/C23H33N3O3S/c1-6-16(4)23(27)24-20-11-13-26(14-12-20)22-17(5)21(30(28,29)25-22)19-9-7-18(8-10-19)15(2)3/h7-10,15-16,20H,6,11-14H2,1-5H3,(H,24,27)/t16-/m0/s1. The Labute approximate surface area is 180 Å². The fraction of sp³-hybridized carbons (Fsp3) is 0.565. The highest BCUT2D eigenvalue weighted by Crippen LogP contribution is 2.34. The highest BCUT2D eigenvalue weighted by atomic mass is 32.2. The number of piperidine rings is 1. The van der Waals surface area contributed by atoms with Gasteiger partial charge in [0.15, 0.2) is 0 Å². The van der Waals surface area contributed by atoms with Gasteiger partial charge in [0.1, 0.15) is 10.7 Å². The van der Waals surface area contributed by atoms with Crippen molar-refractivity contribution in [2.45, 2.75) is 65.8 Å². The van der Waals surface area contributed by atoms with Crippen LogP contribution in [0.1, 0.15) is 70.9 Å². The van der Waals surface area contributed by atoms with E-state index in [4.69, 9.17) is 0 Å². The number of amidine groups is 1. The van der Waals surface area contributed by atoms with Gasteiger partial charge in [0.05, 0.1) is 0 Å². The molecule has 3 rings (SSSR count). The predicted molar refractivity (Wildman–Crippen MR) is 122 cm³/mol. The second kappa shape index (κ2) is 8.92. The van der Waals surface area contributed by atoms with Gasteiger partial charge in [-0.2, -0.15) is 8.42 Å². The van der Waals surface area contributed by atoms with Crippen LogP contribution in [0.3, 0.4) is 0 Å². The molecule has 0 radical (unpaired) electrons. The van der Waals surface area contributed by atoms with Gasteiger partial charge in [0.25, 0.3) is 10.0 Å². The molecule has 2 aliphatic rings. The molecular weight excluding hydrogens is 398 g/mol. The van der Waals surface area contributed by atoms with Gasteiger partial charge in [-0.1, -0.05) is 52.0 Å². The van der Waals surface area contributed by atoms with E-state index >= 15 is 0 Å². The van der Waals surface area contributed by atoms with E-state index in [9.17, 15) is 13.2 Å². The van der Waals surface area contributed by atoms with E-state index in [1.54, 1.807) is 0 Å². The van der Waals surface area contributed by atoms with Crippen molar-refractivity contribution in [2.75, 3.05) is 13.1 Å². The summed E-state index contributed by atoms with van der Waals surface area (Å²) in [7, 11) is -3.71. The average Bonchev–Trinajstić information content (AvgIpc) is 2.96.